The number of rotatable bonds is 23. The number of phenolic OH excluding ortho intramolecular Hbond substituents is 1. The van der Waals surface area contributed by atoms with Gasteiger partial charge in [0.1, 0.15) is 11.6 Å². The van der Waals surface area contributed by atoms with Crippen molar-refractivity contribution in [1.82, 2.24) is 15.6 Å². The molecule has 1 saturated heterocycles. The Hall–Kier alpha value is -5.13. The minimum absolute atomic E-state index is 0.0614. The van der Waals surface area contributed by atoms with Crippen molar-refractivity contribution in [3.05, 3.63) is 136 Å². The molecule has 10 heteroatoms. The van der Waals surface area contributed by atoms with Gasteiger partial charge < -0.3 is 36.4 Å². The van der Waals surface area contributed by atoms with Gasteiger partial charge in [-0.15, -0.1) is 0 Å². The second-order valence-corrected chi connectivity index (χ2v) is 20.9. The third kappa shape index (κ3) is 13.6. The predicted molar refractivity (Wildman–Crippen MR) is 275 cm³/mol. The Morgan fingerprint density at radius 3 is 2.49 bits per heavy atom. The van der Waals surface area contributed by atoms with Crippen molar-refractivity contribution < 1.29 is 29.6 Å². The number of anilines is 1. The lowest BCUT2D eigenvalue weighted by atomic mass is 9.59. The molecule has 1 aromatic heterocycles. The van der Waals surface area contributed by atoms with Crippen LogP contribution in [0.3, 0.4) is 0 Å². The van der Waals surface area contributed by atoms with Crippen molar-refractivity contribution in [3.63, 3.8) is 0 Å². The van der Waals surface area contributed by atoms with Gasteiger partial charge in [-0.25, -0.2) is 4.98 Å². The average molecular weight is 937 g/mol. The number of nitrogens with one attached hydrogen (secondary N) is 2. The molecular weight excluding hydrogens is 861 g/mol. The number of benzene rings is 3. The van der Waals surface area contributed by atoms with Crippen LogP contribution in [0.4, 0.5) is 5.82 Å². The number of hydrogen-bond donors (Lipinski definition) is 6. The van der Waals surface area contributed by atoms with Crippen molar-refractivity contribution in [2.24, 2.45) is 29.6 Å². The summed E-state index contributed by atoms with van der Waals surface area (Å²) in [5.74, 6) is 2.95. The number of carbonyl (C=O) groups excluding carboxylic acids is 2. The number of phenols is 1. The first-order chi connectivity index (χ1) is 33.6. The number of piperidine rings is 1. The summed E-state index contributed by atoms with van der Waals surface area (Å²) in [7, 11) is 1.46. The average Bonchev–Trinajstić information content (AvgIpc) is 3.80. The molecule has 4 aliphatic rings. The van der Waals surface area contributed by atoms with Gasteiger partial charge in [0.2, 0.25) is 0 Å². The van der Waals surface area contributed by atoms with Crippen molar-refractivity contribution in [2.75, 3.05) is 39.1 Å². The zero-order valence-electron chi connectivity index (χ0n) is 40.8. The number of aryl methyl sites for hydroxylation is 4. The minimum atomic E-state index is -0.568. The molecule has 7 N–H and O–H groups in total. The smallest absolute Gasteiger partial charge is 0.163 e. The third-order valence-electron chi connectivity index (χ3n) is 16.1. The number of Topliss-reactive ketones (excluding diaryl/α,β-unsaturated/α-hetero) is 1. The first-order valence-corrected chi connectivity index (χ1v) is 26.0. The number of methoxy groups -OCH3 is 1. The number of hydrogen-bond acceptors (Lipinski definition) is 10. The van der Waals surface area contributed by atoms with Crippen LogP contribution in [-0.4, -0.2) is 76.9 Å². The molecule has 10 nitrogen and oxygen atoms in total. The Morgan fingerprint density at radius 2 is 1.71 bits per heavy atom. The van der Waals surface area contributed by atoms with Gasteiger partial charge in [0.05, 0.1) is 25.7 Å². The van der Waals surface area contributed by atoms with E-state index in [1.54, 1.807) is 18.3 Å². The molecule has 4 aromatic rings. The SMILES string of the molecule is COc1cc(C(=CC(=O)CC(=O)CCCC(CCC2(O)CCCC2)CC2C3CCNCC3CC3C=CCNC32)CO)c(Cc2cnc(N)cc2CCc2cccc(CCc3ccccc3)c2)cc1O. The minimum Gasteiger partial charge on any atom is -0.504 e. The van der Waals surface area contributed by atoms with Crippen LogP contribution in [0.5, 0.6) is 11.5 Å². The number of pyridine rings is 1. The first-order valence-electron chi connectivity index (χ1n) is 26.0. The highest BCUT2D eigenvalue weighted by atomic mass is 16.5. The number of aliphatic hydroxyl groups excluding tert-OH is 1. The Morgan fingerprint density at radius 1 is 0.942 bits per heavy atom. The first kappa shape index (κ1) is 50.3. The summed E-state index contributed by atoms with van der Waals surface area (Å²) in [6, 6.07) is 24.9. The van der Waals surface area contributed by atoms with E-state index in [2.05, 4.69) is 76.3 Å². The molecule has 2 saturated carbocycles. The van der Waals surface area contributed by atoms with E-state index in [1.807, 2.05) is 12.1 Å². The quantitative estimate of drug-likeness (QED) is 0.0240. The highest BCUT2D eigenvalue weighted by Gasteiger charge is 2.45. The highest BCUT2D eigenvalue weighted by molar-refractivity contribution is 6.07. The van der Waals surface area contributed by atoms with Gasteiger partial charge in [-0.2, -0.15) is 0 Å². The van der Waals surface area contributed by atoms with Crippen molar-refractivity contribution >= 4 is 23.0 Å². The van der Waals surface area contributed by atoms with E-state index in [1.165, 1.54) is 42.7 Å². The zero-order valence-corrected chi connectivity index (χ0v) is 40.8. The molecule has 6 atom stereocenters. The second-order valence-electron chi connectivity index (χ2n) is 20.9. The number of ether oxygens (including phenoxy) is 1. The van der Waals surface area contributed by atoms with Crippen LogP contribution < -0.4 is 21.1 Å². The summed E-state index contributed by atoms with van der Waals surface area (Å²) in [4.78, 5) is 31.7. The third-order valence-corrected chi connectivity index (χ3v) is 16.1. The number of allylic oxidation sites excluding steroid dienone is 1. The van der Waals surface area contributed by atoms with Crippen LogP contribution in [0.25, 0.3) is 5.57 Å². The molecule has 3 fully saturated rings. The topological polar surface area (TPSA) is 167 Å². The molecule has 3 aromatic carbocycles. The van der Waals surface area contributed by atoms with Crippen LogP contribution in [0.15, 0.2) is 97.2 Å². The Kier molecular flexibility index (Phi) is 17.6. The molecular formula is C59H76N4O6. The van der Waals surface area contributed by atoms with Gasteiger partial charge >= 0.3 is 0 Å². The maximum absolute atomic E-state index is 13.7. The number of aromatic nitrogens is 1. The van der Waals surface area contributed by atoms with E-state index in [4.69, 9.17) is 10.5 Å². The lowest BCUT2D eigenvalue weighted by molar-refractivity contribution is -0.124. The van der Waals surface area contributed by atoms with E-state index in [0.717, 1.165) is 101 Å². The summed E-state index contributed by atoms with van der Waals surface area (Å²) in [5.41, 5.74) is 13.0. The number of nitrogen functional groups attached to an aromatic ring is 1. The molecule has 3 heterocycles. The van der Waals surface area contributed by atoms with E-state index in [-0.39, 0.29) is 29.5 Å². The number of nitrogens with two attached hydrogens (primary N) is 1. The molecule has 6 unspecified atom stereocenters. The maximum Gasteiger partial charge on any atom is 0.163 e. The van der Waals surface area contributed by atoms with Crippen molar-refractivity contribution in [3.8, 4) is 11.5 Å². The summed E-state index contributed by atoms with van der Waals surface area (Å²) >= 11 is 0. The number of carbonyl (C=O) groups is 2. The van der Waals surface area contributed by atoms with Gasteiger partial charge in [0.25, 0.3) is 0 Å². The number of aliphatic hydroxyl groups is 2. The molecule has 0 radical (unpaired) electrons. The van der Waals surface area contributed by atoms with Crippen LogP contribution in [0, 0.1) is 29.6 Å². The normalized spacial score (nSPS) is 22.4. The lowest BCUT2D eigenvalue weighted by Crippen LogP contribution is -2.56. The summed E-state index contributed by atoms with van der Waals surface area (Å²) in [6.45, 7) is 2.63. The van der Waals surface area contributed by atoms with E-state index in [0.29, 0.717) is 83.8 Å². The number of aromatic hydroxyl groups is 1. The molecule has 69 heavy (non-hydrogen) atoms. The monoisotopic (exact) mass is 937 g/mol. The Balaban J connectivity index is 0.919. The van der Waals surface area contributed by atoms with Crippen LogP contribution in [0.1, 0.15) is 122 Å². The molecule has 368 valence electrons. The number of fused-ring (bicyclic) bond motifs is 2. The van der Waals surface area contributed by atoms with Crippen LogP contribution in [-0.2, 0) is 41.7 Å². The standard InChI is InChI=1S/C59H76N4O6/c1-69-56-36-53(46(33-55(56)67)31-47-38-63-57(60)34-44(47)20-19-42-13-7-12-41(28-42)18-17-40-10-3-2-4-11-40)49(39-64)32-51(66)35-50(65)16-8-14-43(21-25-59(68)23-5-6-24-59)29-54-52-22-27-61-37-48(52)30-45-15-9-26-62-58(45)54/h2-4,7,9-13,15,28,32-34,36,38,43,45,48,52,54,58,61-62,64,67-68H,5-6,8,14,16-27,29-31,35,37,39H2,1H3,(H2,60,63). The number of ketones is 2. The lowest BCUT2D eigenvalue weighted by Gasteiger charge is -2.51. The molecule has 0 amide bonds. The number of nitrogens with zero attached hydrogens (tertiary/aromatic N) is 1. The van der Waals surface area contributed by atoms with Gasteiger partial charge in [0, 0.05) is 25.2 Å². The maximum atomic E-state index is 13.7. The molecule has 8 rings (SSSR count). The molecule has 0 spiro atoms. The zero-order chi connectivity index (χ0) is 48.2. The van der Waals surface area contributed by atoms with Crippen molar-refractivity contribution in [1.29, 1.82) is 0 Å². The second kappa shape index (κ2) is 24.1. The van der Waals surface area contributed by atoms with E-state index in [9.17, 15) is 24.9 Å². The van der Waals surface area contributed by atoms with Crippen LogP contribution >= 0.6 is 0 Å². The fourth-order valence-electron chi connectivity index (χ4n) is 12.5. The van der Waals surface area contributed by atoms with Gasteiger partial charge in [-0.05, 0) is 195 Å². The van der Waals surface area contributed by atoms with Gasteiger partial charge in [-0.1, -0.05) is 86.0 Å². The largest absolute Gasteiger partial charge is 0.504 e. The summed E-state index contributed by atoms with van der Waals surface area (Å²) in [6.07, 6.45) is 22.6. The molecule has 2 aliphatic carbocycles. The summed E-state index contributed by atoms with van der Waals surface area (Å²) < 4.78 is 5.50. The molecule has 2 aliphatic heterocycles. The predicted octanol–water partition coefficient (Wildman–Crippen LogP) is 9.09. The van der Waals surface area contributed by atoms with E-state index < -0.39 is 12.2 Å². The Bertz CT molecular complexity index is 2410. The highest BCUT2D eigenvalue weighted by Crippen LogP contribution is 2.47. The van der Waals surface area contributed by atoms with Gasteiger partial charge in [-0.3, -0.25) is 9.59 Å². The fourth-order valence-corrected chi connectivity index (χ4v) is 12.5. The van der Waals surface area contributed by atoms with Crippen LogP contribution in [0.2, 0.25) is 0 Å². The molecule has 0 bridgehead atoms. The van der Waals surface area contributed by atoms with Gasteiger partial charge in [0.15, 0.2) is 17.3 Å². The fraction of sp³-hybridized carbons (Fsp3) is 0.508. The van der Waals surface area contributed by atoms with Crippen molar-refractivity contribution in [2.45, 2.75) is 127 Å². The summed E-state index contributed by atoms with van der Waals surface area (Å²) in [5, 5.41) is 40.7. The van der Waals surface area contributed by atoms with E-state index >= 15 is 0 Å². The Labute approximate surface area is 410 Å².